The van der Waals surface area contributed by atoms with Gasteiger partial charge in [-0.05, 0) is 99.3 Å². The summed E-state index contributed by atoms with van der Waals surface area (Å²) in [6.45, 7) is 2.98. The van der Waals surface area contributed by atoms with Gasteiger partial charge in [-0.15, -0.1) is 0 Å². The summed E-state index contributed by atoms with van der Waals surface area (Å²) in [5, 5.41) is 0. The summed E-state index contributed by atoms with van der Waals surface area (Å²) in [4.78, 5) is 0. The van der Waals surface area contributed by atoms with Crippen LogP contribution in [0.1, 0.15) is 81.8 Å². The van der Waals surface area contributed by atoms with Gasteiger partial charge in [0.25, 0.3) is 0 Å². The van der Waals surface area contributed by atoms with E-state index < -0.39 is 6.67 Å². The van der Waals surface area contributed by atoms with Gasteiger partial charge in [-0.2, -0.15) is 0 Å². The van der Waals surface area contributed by atoms with Gasteiger partial charge in [-0.25, -0.2) is 13.2 Å². The fraction of sp³-hybridized carbons (Fsp3) is 0.714. The first-order valence-electron chi connectivity index (χ1n) is 13.0. The molecule has 3 aliphatic rings. The molecule has 3 fully saturated rings. The number of hydrogen-bond acceptors (Lipinski definition) is 2. The van der Waals surface area contributed by atoms with Crippen molar-refractivity contribution in [3.63, 3.8) is 0 Å². The Hall–Kier alpha value is -1.33. The molecule has 5 heteroatoms. The maximum atomic E-state index is 14.9. The Bertz CT molecular complexity index is 771. The molecule has 1 saturated heterocycles. The highest BCUT2D eigenvalue weighted by Gasteiger charge is 2.32. The molecule has 2 saturated carbocycles. The molecule has 0 atom stereocenters. The van der Waals surface area contributed by atoms with Crippen LogP contribution in [0.3, 0.4) is 0 Å². The van der Waals surface area contributed by atoms with Gasteiger partial charge in [-0.1, -0.05) is 19.1 Å². The number of alkyl halides is 1. The second-order valence-corrected chi connectivity index (χ2v) is 10.6. The molecule has 0 bridgehead atoms. The van der Waals surface area contributed by atoms with Gasteiger partial charge in [0, 0.05) is 17.8 Å². The molecule has 33 heavy (non-hydrogen) atoms. The Morgan fingerprint density at radius 2 is 1.70 bits per heavy atom. The van der Waals surface area contributed by atoms with Crippen molar-refractivity contribution in [2.75, 3.05) is 19.9 Å². The van der Waals surface area contributed by atoms with Crippen LogP contribution in [-0.4, -0.2) is 26.2 Å². The Morgan fingerprint density at radius 3 is 2.33 bits per heavy atom. The fourth-order valence-corrected chi connectivity index (χ4v) is 5.96. The minimum Gasteiger partial charge on any atom is -0.352 e. The molecule has 2 nitrogen and oxygen atoms in total. The summed E-state index contributed by atoms with van der Waals surface area (Å²) in [6.07, 6.45) is 10.3. The van der Waals surface area contributed by atoms with Crippen LogP contribution in [0.25, 0.3) is 0 Å². The maximum absolute atomic E-state index is 14.9. The summed E-state index contributed by atoms with van der Waals surface area (Å²) in [6, 6.07) is 5.84. The van der Waals surface area contributed by atoms with Crippen molar-refractivity contribution in [2.24, 2.45) is 23.7 Å². The van der Waals surface area contributed by atoms with E-state index in [4.69, 9.17) is 9.47 Å². The first-order chi connectivity index (χ1) is 16.0. The molecule has 0 aromatic heterocycles. The van der Waals surface area contributed by atoms with Crippen molar-refractivity contribution in [1.82, 2.24) is 0 Å². The van der Waals surface area contributed by atoms with Crippen molar-refractivity contribution in [3.05, 3.63) is 47.0 Å². The van der Waals surface area contributed by atoms with Crippen molar-refractivity contribution >= 4 is 0 Å². The van der Waals surface area contributed by atoms with Crippen LogP contribution in [0, 0.1) is 29.5 Å². The first-order valence-corrected chi connectivity index (χ1v) is 13.0. The minimum absolute atomic E-state index is 0.0625. The van der Waals surface area contributed by atoms with Gasteiger partial charge in [0.05, 0.1) is 13.2 Å². The van der Waals surface area contributed by atoms with Crippen LogP contribution in [0.15, 0.2) is 30.1 Å². The topological polar surface area (TPSA) is 18.5 Å². The molecular weight excluding hydrogens is 425 g/mol. The predicted molar refractivity (Wildman–Crippen MR) is 125 cm³/mol. The first kappa shape index (κ1) is 24.8. The number of aryl methyl sites for hydroxylation is 1. The smallest absolute Gasteiger partial charge is 0.160 e. The monoisotopic (exact) mass is 464 g/mol. The fourth-order valence-electron chi connectivity index (χ4n) is 5.96. The van der Waals surface area contributed by atoms with Gasteiger partial charge in [-0.3, -0.25) is 0 Å². The number of hydrogen-bond donors (Lipinski definition) is 0. The average Bonchev–Trinajstić information content (AvgIpc) is 2.84. The molecule has 1 aromatic rings. The Kier molecular flexibility index (Phi) is 8.92. The largest absolute Gasteiger partial charge is 0.352 e. The van der Waals surface area contributed by atoms with E-state index in [2.05, 4.69) is 13.0 Å². The van der Waals surface area contributed by atoms with Gasteiger partial charge in [0.2, 0.25) is 0 Å². The van der Waals surface area contributed by atoms with E-state index in [1.807, 2.05) is 6.07 Å². The summed E-state index contributed by atoms with van der Waals surface area (Å²) in [5.74, 6) is 1.34. The highest BCUT2D eigenvalue weighted by Crippen LogP contribution is 2.40. The van der Waals surface area contributed by atoms with E-state index in [0.717, 1.165) is 94.6 Å². The lowest BCUT2D eigenvalue weighted by Gasteiger charge is -2.37. The Morgan fingerprint density at radius 1 is 1.00 bits per heavy atom. The number of halogens is 3. The number of ether oxygens (including phenoxy) is 2. The standard InChI is InChI=1S/C28H39F3O2/c1-19-17-32-28(33-18-19)24-11-8-21(9-12-24)25-13-10-23(27(31)16-25)7-4-20-2-5-22(6-3-20)26(30)14-15-29/h10,13-14,16,19-22,24,28H,2-9,11-12,15,17-18H2,1H3/b26-14-. The van der Waals surface area contributed by atoms with Gasteiger partial charge in [0.15, 0.2) is 6.29 Å². The van der Waals surface area contributed by atoms with E-state index in [9.17, 15) is 13.2 Å². The van der Waals surface area contributed by atoms with Crippen molar-refractivity contribution in [2.45, 2.75) is 83.3 Å². The van der Waals surface area contributed by atoms with Crippen LogP contribution < -0.4 is 0 Å². The summed E-state index contributed by atoms with van der Waals surface area (Å²) < 4.78 is 52.8. The molecule has 0 N–H and O–H groups in total. The third-order valence-electron chi connectivity index (χ3n) is 8.13. The highest BCUT2D eigenvalue weighted by atomic mass is 19.1. The molecule has 1 aromatic carbocycles. The van der Waals surface area contributed by atoms with Crippen LogP contribution >= 0.6 is 0 Å². The zero-order valence-corrected chi connectivity index (χ0v) is 19.9. The summed E-state index contributed by atoms with van der Waals surface area (Å²) >= 11 is 0. The molecule has 1 heterocycles. The lowest BCUT2D eigenvalue weighted by Crippen LogP contribution is -2.37. The maximum Gasteiger partial charge on any atom is 0.160 e. The Labute approximate surface area is 196 Å². The second-order valence-electron chi connectivity index (χ2n) is 10.6. The zero-order valence-electron chi connectivity index (χ0n) is 19.9. The lowest BCUT2D eigenvalue weighted by atomic mass is 9.77. The molecule has 2 aliphatic carbocycles. The lowest BCUT2D eigenvalue weighted by molar-refractivity contribution is -0.226. The van der Waals surface area contributed by atoms with Crippen LogP contribution in [-0.2, 0) is 15.9 Å². The Balaban J connectivity index is 1.22. The summed E-state index contributed by atoms with van der Waals surface area (Å²) in [5.41, 5.74) is 1.90. The minimum atomic E-state index is -0.731. The van der Waals surface area contributed by atoms with Crippen LogP contribution in [0.5, 0.6) is 0 Å². The molecule has 184 valence electrons. The third-order valence-corrected chi connectivity index (χ3v) is 8.13. The van der Waals surface area contributed by atoms with Gasteiger partial charge >= 0.3 is 0 Å². The van der Waals surface area contributed by atoms with E-state index in [1.54, 1.807) is 6.07 Å². The van der Waals surface area contributed by atoms with Crippen molar-refractivity contribution in [3.8, 4) is 0 Å². The molecule has 4 rings (SSSR count). The molecule has 0 amide bonds. The molecule has 0 spiro atoms. The van der Waals surface area contributed by atoms with E-state index in [0.29, 0.717) is 23.7 Å². The molecule has 0 radical (unpaired) electrons. The van der Waals surface area contributed by atoms with Crippen molar-refractivity contribution < 1.29 is 22.6 Å². The van der Waals surface area contributed by atoms with E-state index in [-0.39, 0.29) is 23.9 Å². The zero-order chi connectivity index (χ0) is 23.2. The number of allylic oxidation sites excluding steroid dienone is 2. The quantitative estimate of drug-likeness (QED) is 0.412. The third kappa shape index (κ3) is 6.63. The normalized spacial score (nSPS) is 33.8. The SMILES string of the molecule is CC1COC(C2CCC(c3ccc(CCC4CCC(/C(F)=C/CF)CC4)c(F)c3)CC2)OC1. The van der Waals surface area contributed by atoms with Crippen LogP contribution in [0.4, 0.5) is 13.2 Å². The van der Waals surface area contributed by atoms with E-state index in [1.165, 1.54) is 0 Å². The van der Waals surface area contributed by atoms with Crippen molar-refractivity contribution in [1.29, 1.82) is 0 Å². The summed E-state index contributed by atoms with van der Waals surface area (Å²) in [7, 11) is 0. The molecule has 0 unspecified atom stereocenters. The predicted octanol–water partition coefficient (Wildman–Crippen LogP) is 7.67. The highest BCUT2D eigenvalue weighted by molar-refractivity contribution is 5.27. The van der Waals surface area contributed by atoms with Crippen LogP contribution in [0.2, 0.25) is 0 Å². The average molecular weight is 465 g/mol. The van der Waals surface area contributed by atoms with E-state index >= 15 is 0 Å². The van der Waals surface area contributed by atoms with Gasteiger partial charge in [0.1, 0.15) is 18.3 Å². The van der Waals surface area contributed by atoms with Gasteiger partial charge < -0.3 is 9.47 Å². The molecule has 1 aliphatic heterocycles. The number of benzene rings is 1. The molecular formula is C28H39F3O2. The number of rotatable bonds is 7. The second kappa shape index (κ2) is 11.9.